The number of rotatable bonds is 3. The zero-order valence-corrected chi connectivity index (χ0v) is 12.2. The topological polar surface area (TPSA) is 61.4 Å². The van der Waals surface area contributed by atoms with Crippen LogP contribution in [0.1, 0.15) is 27.2 Å². The van der Waals surface area contributed by atoms with Gasteiger partial charge in [0.1, 0.15) is 0 Å². The van der Waals surface area contributed by atoms with Crippen molar-refractivity contribution in [3.63, 3.8) is 0 Å². The Bertz CT molecular complexity index is 284. The molecule has 18 heavy (non-hydrogen) atoms. The standard InChI is InChI=1S/C12H23N3O2.ClH/c1-12(2,3)8-10(16)14-9-11(17)15-6-4-13-5-7-15;/h13H,4-9H2,1-3H3,(H,14,16);1H. The molecule has 6 heteroatoms. The first kappa shape index (κ1) is 17.2. The summed E-state index contributed by atoms with van der Waals surface area (Å²) in [5.74, 6) is -0.0465. The number of nitrogens with one attached hydrogen (secondary N) is 2. The van der Waals surface area contributed by atoms with Crippen molar-refractivity contribution < 1.29 is 9.59 Å². The first-order chi connectivity index (χ1) is 7.88. The molecule has 0 aromatic heterocycles. The molecule has 5 nitrogen and oxygen atoms in total. The predicted octanol–water partition coefficient (Wildman–Crippen LogP) is 0.392. The molecule has 1 saturated heterocycles. The lowest BCUT2D eigenvalue weighted by atomic mass is 9.92. The molecule has 2 amide bonds. The van der Waals surface area contributed by atoms with Crippen LogP contribution >= 0.6 is 12.4 Å². The van der Waals surface area contributed by atoms with Crippen LogP contribution in [0.2, 0.25) is 0 Å². The lowest BCUT2D eigenvalue weighted by Crippen LogP contribution is -2.49. The molecule has 0 radical (unpaired) electrons. The smallest absolute Gasteiger partial charge is 0.242 e. The van der Waals surface area contributed by atoms with Crippen LogP contribution in [0, 0.1) is 5.41 Å². The molecule has 0 aromatic rings. The van der Waals surface area contributed by atoms with E-state index < -0.39 is 0 Å². The molecule has 0 spiro atoms. The van der Waals surface area contributed by atoms with E-state index in [-0.39, 0.29) is 36.2 Å². The average Bonchev–Trinajstić information content (AvgIpc) is 2.25. The average molecular weight is 278 g/mol. The van der Waals surface area contributed by atoms with E-state index in [4.69, 9.17) is 0 Å². The summed E-state index contributed by atoms with van der Waals surface area (Å²) in [4.78, 5) is 25.1. The molecular weight excluding hydrogens is 254 g/mol. The summed E-state index contributed by atoms with van der Waals surface area (Å²) in [7, 11) is 0. The molecule has 0 aromatic carbocycles. The van der Waals surface area contributed by atoms with E-state index in [0.717, 1.165) is 26.2 Å². The molecule has 0 atom stereocenters. The van der Waals surface area contributed by atoms with Gasteiger partial charge in [-0.1, -0.05) is 20.8 Å². The zero-order chi connectivity index (χ0) is 12.9. The van der Waals surface area contributed by atoms with Gasteiger partial charge in [0.25, 0.3) is 0 Å². The van der Waals surface area contributed by atoms with Crippen molar-refractivity contribution in [2.24, 2.45) is 5.41 Å². The number of hydrogen-bond donors (Lipinski definition) is 2. The van der Waals surface area contributed by atoms with Crippen LogP contribution < -0.4 is 10.6 Å². The fraction of sp³-hybridized carbons (Fsp3) is 0.833. The minimum atomic E-state index is -0.0546. The summed E-state index contributed by atoms with van der Waals surface area (Å²) in [6.45, 7) is 9.26. The summed E-state index contributed by atoms with van der Waals surface area (Å²) in [5.41, 5.74) is -0.0395. The highest BCUT2D eigenvalue weighted by atomic mass is 35.5. The Balaban J connectivity index is 0.00000289. The summed E-state index contributed by atoms with van der Waals surface area (Å²) >= 11 is 0. The first-order valence-electron chi connectivity index (χ1n) is 6.14. The van der Waals surface area contributed by atoms with Gasteiger partial charge in [0, 0.05) is 32.6 Å². The largest absolute Gasteiger partial charge is 0.347 e. The van der Waals surface area contributed by atoms with E-state index in [9.17, 15) is 9.59 Å². The van der Waals surface area contributed by atoms with E-state index in [1.807, 2.05) is 20.8 Å². The Morgan fingerprint density at radius 3 is 2.28 bits per heavy atom. The van der Waals surface area contributed by atoms with Crippen molar-refractivity contribution in [2.75, 3.05) is 32.7 Å². The Labute approximate surface area is 115 Å². The van der Waals surface area contributed by atoms with E-state index in [1.165, 1.54) is 0 Å². The quantitative estimate of drug-likeness (QED) is 0.785. The van der Waals surface area contributed by atoms with Crippen molar-refractivity contribution in [3.05, 3.63) is 0 Å². The maximum atomic E-state index is 11.8. The van der Waals surface area contributed by atoms with Gasteiger partial charge in [0.05, 0.1) is 6.54 Å². The highest BCUT2D eigenvalue weighted by molar-refractivity contribution is 5.85. The number of carbonyl (C=O) groups is 2. The maximum absolute atomic E-state index is 11.8. The van der Waals surface area contributed by atoms with Gasteiger partial charge in [-0.25, -0.2) is 0 Å². The lowest BCUT2D eigenvalue weighted by molar-refractivity contribution is -0.133. The summed E-state index contributed by atoms with van der Waals surface area (Å²) in [6, 6.07) is 0. The van der Waals surface area contributed by atoms with Crippen LogP contribution in [0.4, 0.5) is 0 Å². The van der Waals surface area contributed by atoms with Crippen LogP contribution in [0.25, 0.3) is 0 Å². The summed E-state index contributed by atoms with van der Waals surface area (Å²) in [5, 5.41) is 5.87. The molecular formula is C12H24ClN3O2. The van der Waals surface area contributed by atoms with Gasteiger partial charge < -0.3 is 15.5 Å². The number of nitrogens with zero attached hydrogens (tertiary/aromatic N) is 1. The number of piperazine rings is 1. The van der Waals surface area contributed by atoms with Crippen LogP contribution in [0.5, 0.6) is 0 Å². The Morgan fingerprint density at radius 2 is 1.78 bits per heavy atom. The van der Waals surface area contributed by atoms with Gasteiger partial charge >= 0.3 is 0 Å². The van der Waals surface area contributed by atoms with Crippen molar-refractivity contribution in [2.45, 2.75) is 27.2 Å². The first-order valence-corrected chi connectivity index (χ1v) is 6.14. The second-order valence-corrected chi connectivity index (χ2v) is 5.64. The number of carbonyl (C=O) groups excluding carboxylic acids is 2. The molecule has 0 unspecified atom stereocenters. The van der Waals surface area contributed by atoms with Crippen LogP contribution in [-0.4, -0.2) is 49.4 Å². The number of halogens is 1. The second kappa shape index (κ2) is 7.59. The maximum Gasteiger partial charge on any atom is 0.242 e. The predicted molar refractivity (Wildman–Crippen MR) is 73.8 cm³/mol. The normalized spacial score (nSPS) is 15.8. The van der Waals surface area contributed by atoms with Crippen LogP contribution in [-0.2, 0) is 9.59 Å². The van der Waals surface area contributed by atoms with E-state index in [0.29, 0.717) is 6.42 Å². The highest BCUT2D eigenvalue weighted by Crippen LogP contribution is 2.17. The SMILES string of the molecule is CC(C)(C)CC(=O)NCC(=O)N1CCNCC1.Cl. The third-order valence-electron chi connectivity index (χ3n) is 2.60. The van der Waals surface area contributed by atoms with E-state index in [1.54, 1.807) is 4.90 Å². The van der Waals surface area contributed by atoms with E-state index in [2.05, 4.69) is 10.6 Å². The minimum Gasteiger partial charge on any atom is -0.347 e. The van der Waals surface area contributed by atoms with Gasteiger partial charge in [-0.3, -0.25) is 9.59 Å². The Kier molecular flexibility index (Phi) is 7.25. The van der Waals surface area contributed by atoms with Crippen molar-refractivity contribution in [1.29, 1.82) is 0 Å². The third-order valence-corrected chi connectivity index (χ3v) is 2.60. The number of amides is 2. The van der Waals surface area contributed by atoms with Gasteiger partial charge in [-0.2, -0.15) is 0 Å². The second-order valence-electron chi connectivity index (χ2n) is 5.64. The molecule has 2 N–H and O–H groups in total. The molecule has 1 aliphatic rings. The van der Waals surface area contributed by atoms with Crippen molar-refractivity contribution >= 4 is 24.2 Å². The van der Waals surface area contributed by atoms with Gasteiger partial charge in [-0.05, 0) is 5.41 Å². The Morgan fingerprint density at radius 1 is 1.22 bits per heavy atom. The van der Waals surface area contributed by atoms with Crippen LogP contribution in [0.15, 0.2) is 0 Å². The molecule has 0 bridgehead atoms. The van der Waals surface area contributed by atoms with Crippen molar-refractivity contribution in [1.82, 2.24) is 15.5 Å². The van der Waals surface area contributed by atoms with Gasteiger partial charge in [-0.15, -0.1) is 12.4 Å². The fourth-order valence-electron chi connectivity index (χ4n) is 1.74. The minimum absolute atomic E-state index is 0. The summed E-state index contributed by atoms with van der Waals surface area (Å²) < 4.78 is 0. The zero-order valence-electron chi connectivity index (χ0n) is 11.4. The fourth-order valence-corrected chi connectivity index (χ4v) is 1.74. The highest BCUT2D eigenvalue weighted by Gasteiger charge is 2.19. The number of hydrogen-bond acceptors (Lipinski definition) is 3. The Hall–Kier alpha value is -0.810. The third kappa shape index (κ3) is 6.81. The molecule has 1 fully saturated rings. The molecule has 1 rings (SSSR count). The van der Waals surface area contributed by atoms with E-state index >= 15 is 0 Å². The van der Waals surface area contributed by atoms with Gasteiger partial charge in [0.2, 0.25) is 11.8 Å². The lowest BCUT2D eigenvalue weighted by Gasteiger charge is -2.27. The molecule has 1 aliphatic heterocycles. The molecule has 0 saturated carbocycles. The van der Waals surface area contributed by atoms with Crippen molar-refractivity contribution in [3.8, 4) is 0 Å². The van der Waals surface area contributed by atoms with Gasteiger partial charge in [0.15, 0.2) is 0 Å². The monoisotopic (exact) mass is 277 g/mol. The van der Waals surface area contributed by atoms with Crippen LogP contribution in [0.3, 0.4) is 0 Å². The molecule has 106 valence electrons. The summed E-state index contributed by atoms with van der Waals surface area (Å²) in [6.07, 6.45) is 0.446. The molecule has 0 aliphatic carbocycles. The molecule has 1 heterocycles.